The summed E-state index contributed by atoms with van der Waals surface area (Å²) in [6.07, 6.45) is 2.83. The smallest absolute Gasteiger partial charge is 0.306 e. The van der Waals surface area contributed by atoms with Gasteiger partial charge in [-0.25, -0.2) is 0 Å². The minimum atomic E-state index is -0.750. The Morgan fingerprint density at radius 1 is 1.21 bits per heavy atom. The van der Waals surface area contributed by atoms with Crippen LogP contribution in [0.5, 0.6) is 0 Å². The summed E-state index contributed by atoms with van der Waals surface area (Å²) in [5.74, 6) is -1.16. The third-order valence-electron chi connectivity index (χ3n) is 5.52. The van der Waals surface area contributed by atoms with Crippen molar-refractivity contribution in [1.82, 2.24) is 20.3 Å². The molecule has 1 fully saturated rings. The summed E-state index contributed by atoms with van der Waals surface area (Å²) in [5, 5.41) is 20.5. The molecule has 150 valence electrons. The third-order valence-corrected chi connectivity index (χ3v) is 5.52. The number of carboxylic acid groups (broad SMARTS) is 1. The number of nitrogens with zero attached hydrogens (tertiary/aromatic N) is 3. The van der Waals surface area contributed by atoms with Crippen LogP contribution in [0.2, 0.25) is 0 Å². The molecule has 1 aliphatic rings. The second-order valence-corrected chi connectivity index (χ2v) is 7.85. The van der Waals surface area contributed by atoms with E-state index >= 15 is 0 Å². The van der Waals surface area contributed by atoms with Gasteiger partial charge in [0.1, 0.15) is 11.6 Å². The van der Waals surface area contributed by atoms with Gasteiger partial charge in [-0.1, -0.05) is 31.2 Å². The highest BCUT2D eigenvalue weighted by molar-refractivity contribution is 5.81. The SMILES string of the molecule is CC(C)[C@@H](C(=O)NCC1CCC(C(=O)O)CC1)n1nnc2ccccc2c1=O. The van der Waals surface area contributed by atoms with Crippen molar-refractivity contribution in [1.29, 1.82) is 0 Å². The van der Waals surface area contributed by atoms with E-state index in [1.165, 1.54) is 4.68 Å². The van der Waals surface area contributed by atoms with E-state index in [9.17, 15) is 14.4 Å². The lowest BCUT2D eigenvalue weighted by Crippen LogP contribution is -2.43. The van der Waals surface area contributed by atoms with E-state index in [4.69, 9.17) is 5.11 Å². The summed E-state index contributed by atoms with van der Waals surface area (Å²) in [5.41, 5.74) is 0.170. The van der Waals surface area contributed by atoms with E-state index in [1.807, 2.05) is 13.8 Å². The van der Waals surface area contributed by atoms with E-state index in [0.29, 0.717) is 30.3 Å². The first-order chi connectivity index (χ1) is 13.4. The molecule has 0 unspecified atom stereocenters. The Labute approximate surface area is 162 Å². The Hall–Kier alpha value is -2.77. The van der Waals surface area contributed by atoms with Gasteiger partial charge in [-0.05, 0) is 49.7 Å². The zero-order valence-corrected chi connectivity index (χ0v) is 16.2. The molecule has 2 aromatic rings. The van der Waals surface area contributed by atoms with Gasteiger partial charge in [0.2, 0.25) is 5.91 Å². The maximum absolute atomic E-state index is 12.9. The molecule has 0 saturated heterocycles. The number of aromatic nitrogens is 3. The fourth-order valence-corrected chi connectivity index (χ4v) is 3.84. The normalized spacial score (nSPS) is 20.8. The van der Waals surface area contributed by atoms with Gasteiger partial charge in [0.15, 0.2) is 0 Å². The quantitative estimate of drug-likeness (QED) is 0.785. The first-order valence-corrected chi connectivity index (χ1v) is 9.73. The number of hydrogen-bond donors (Lipinski definition) is 2. The molecule has 1 amide bonds. The number of carbonyl (C=O) groups excluding carboxylic acids is 1. The number of nitrogens with one attached hydrogen (secondary N) is 1. The van der Waals surface area contributed by atoms with E-state index < -0.39 is 12.0 Å². The van der Waals surface area contributed by atoms with Gasteiger partial charge < -0.3 is 10.4 Å². The molecule has 0 radical (unpaired) electrons. The first-order valence-electron chi connectivity index (χ1n) is 9.73. The van der Waals surface area contributed by atoms with Crippen LogP contribution in [-0.4, -0.2) is 38.5 Å². The zero-order valence-electron chi connectivity index (χ0n) is 16.2. The van der Waals surface area contributed by atoms with Crippen LogP contribution >= 0.6 is 0 Å². The van der Waals surface area contributed by atoms with Gasteiger partial charge in [-0.3, -0.25) is 14.4 Å². The molecule has 1 heterocycles. The summed E-state index contributed by atoms with van der Waals surface area (Å²) < 4.78 is 1.17. The van der Waals surface area contributed by atoms with E-state index in [1.54, 1.807) is 24.3 Å². The maximum atomic E-state index is 12.9. The Kier molecular flexibility index (Phi) is 6.06. The number of carbonyl (C=O) groups is 2. The van der Waals surface area contributed by atoms with Gasteiger partial charge >= 0.3 is 5.97 Å². The van der Waals surface area contributed by atoms with Crippen molar-refractivity contribution in [3.63, 3.8) is 0 Å². The predicted octanol–water partition coefficient (Wildman–Crippen LogP) is 2.00. The van der Waals surface area contributed by atoms with Gasteiger partial charge in [0.25, 0.3) is 5.56 Å². The lowest BCUT2D eigenvalue weighted by Gasteiger charge is -2.27. The van der Waals surface area contributed by atoms with Crippen molar-refractivity contribution < 1.29 is 14.7 Å². The molecule has 0 bridgehead atoms. The Balaban J connectivity index is 1.71. The number of fused-ring (bicyclic) bond motifs is 1. The summed E-state index contributed by atoms with van der Waals surface area (Å²) in [6.45, 7) is 4.21. The first kappa shape index (κ1) is 20.0. The van der Waals surface area contributed by atoms with Crippen LogP contribution in [0.3, 0.4) is 0 Å². The lowest BCUT2D eigenvalue weighted by atomic mass is 9.82. The van der Waals surface area contributed by atoms with Crippen molar-refractivity contribution >= 4 is 22.8 Å². The zero-order chi connectivity index (χ0) is 20.3. The predicted molar refractivity (Wildman–Crippen MR) is 104 cm³/mol. The minimum absolute atomic E-state index is 0.143. The molecule has 0 spiro atoms. The fourth-order valence-electron chi connectivity index (χ4n) is 3.84. The summed E-state index contributed by atoms with van der Waals surface area (Å²) >= 11 is 0. The number of amides is 1. The minimum Gasteiger partial charge on any atom is -0.481 e. The molecule has 1 aliphatic carbocycles. The number of carboxylic acids is 1. The standard InChI is InChI=1S/C20H26N4O4/c1-12(2)17(24-19(26)15-5-3-4-6-16(15)22-23-24)18(25)21-11-13-7-9-14(10-8-13)20(27)28/h3-6,12-14,17H,7-11H2,1-2H3,(H,21,25)(H,27,28)/t13?,14?,17-/m0/s1. The van der Waals surface area contributed by atoms with Crippen LogP contribution in [0.1, 0.15) is 45.6 Å². The average Bonchev–Trinajstić information content (AvgIpc) is 2.68. The highest BCUT2D eigenvalue weighted by Gasteiger charge is 2.29. The van der Waals surface area contributed by atoms with Crippen molar-refractivity contribution in [2.45, 2.75) is 45.6 Å². The highest BCUT2D eigenvalue weighted by atomic mass is 16.4. The van der Waals surface area contributed by atoms with Crippen molar-refractivity contribution in [2.24, 2.45) is 17.8 Å². The molecule has 1 saturated carbocycles. The number of hydrogen-bond acceptors (Lipinski definition) is 5. The molecular formula is C20H26N4O4. The third kappa shape index (κ3) is 4.21. The fraction of sp³-hybridized carbons (Fsp3) is 0.550. The Bertz CT molecular complexity index is 916. The average molecular weight is 386 g/mol. The summed E-state index contributed by atoms with van der Waals surface area (Å²) in [6, 6.07) is 6.19. The molecule has 3 rings (SSSR count). The summed E-state index contributed by atoms with van der Waals surface area (Å²) in [4.78, 5) is 36.7. The van der Waals surface area contributed by atoms with E-state index in [0.717, 1.165) is 12.8 Å². The largest absolute Gasteiger partial charge is 0.481 e. The van der Waals surface area contributed by atoms with Crippen LogP contribution in [0.4, 0.5) is 0 Å². The van der Waals surface area contributed by atoms with Crippen LogP contribution in [0, 0.1) is 17.8 Å². The van der Waals surface area contributed by atoms with Crippen molar-refractivity contribution in [3.8, 4) is 0 Å². The molecule has 0 aliphatic heterocycles. The molecular weight excluding hydrogens is 360 g/mol. The monoisotopic (exact) mass is 386 g/mol. The van der Waals surface area contributed by atoms with Crippen molar-refractivity contribution in [2.75, 3.05) is 6.54 Å². The topological polar surface area (TPSA) is 114 Å². The van der Waals surface area contributed by atoms with Crippen LogP contribution < -0.4 is 10.9 Å². The van der Waals surface area contributed by atoms with E-state index in [-0.39, 0.29) is 29.2 Å². The van der Waals surface area contributed by atoms with Crippen LogP contribution in [-0.2, 0) is 9.59 Å². The number of rotatable bonds is 6. The summed E-state index contributed by atoms with van der Waals surface area (Å²) in [7, 11) is 0. The molecule has 1 atom stereocenters. The van der Waals surface area contributed by atoms with E-state index in [2.05, 4.69) is 15.6 Å². The van der Waals surface area contributed by atoms with Crippen molar-refractivity contribution in [3.05, 3.63) is 34.6 Å². The molecule has 1 aromatic carbocycles. The van der Waals surface area contributed by atoms with Gasteiger partial charge in [-0.2, -0.15) is 4.68 Å². The lowest BCUT2D eigenvalue weighted by molar-refractivity contribution is -0.143. The molecule has 8 heteroatoms. The van der Waals surface area contributed by atoms with Crippen LogP contribution in [0.25, 0.3) is 10.9 Å². The van der Waals surface area contributed by atoms with Gasteiger partial charge in [0, 0.05) is 6.54 Å². The second kappa shape index (κ2) is 8.50. The molecule has 2 N–H and O–H groups in total. The van der Waals surface area contributed by atoms with Gasteiger partial charge in [0.05, 0.1) is 11.3 Å². The highest BCUT2D eigenvalue weighted by Crippen LogP contribution is 2.28. The maximum Gasteiger partial charge on any atom is 0.306 e. The number of benzene rings is 1. The Morgan fingerprint density at radius 3 is 2.54 bits per heavy atom. The van der Waals surface area contributed by atoms with Gasteiger partial charge in [-0.15, -0.1) is 5.10 Å². The number of aliphatic carboxylic acids is 1. The van der Waals surface area contributed by atoms with Crippen LogP contribution in [0.15, 0.2) is 29.1 Å². The Morgan fingerprint density at radius 2 is 1.89 bits per heavy atom. The molecule has 8 nitrogen and oxygen atoms in total. The molecule has 1 aromatic heterocycles. The second-order valence-electron chi connectivity index (χ2n) is 7.85. The molecule has 28 heavy (non-hydrogen) atoms.